The predicted molar refractivity (Wildman–Crippen MR) is 71.1 cm³/mol. The van der Waals surface area contributed by atoms with Gasteiger partial charge < -0.3 is 14.6 Å². The van der Waals surface area contributed by atoms with E-state index in [2.05, 4.69) is 17.4 Å². The zero-order valence-corrected chi connectivity index (χ0v) is 12.1. The van der Waals surface area contributed by atoms with Gasteiger partial charge in [-0.25, -0.2) is 4.79 Å². The summed E-state index contributed by atoms with van der Waals surface area (Å²) in [5.74, 6) is -0.152. The normalized spacial score (nSPS) is 26.1. The third kappa shape index (κ3) is 2.84. The number of ether oxygens (including phenoxy) is 1. The van der Waals surface area contributed by atoms with E-state index >= 15 is 0 Å². The number of nitrogens with one attached hydrogen (secondary N) is 1. The minimum absolute atomic E-state index is 0.115. The zero-order valence-electron chi connectivity index (χ0n) is 12.1. The lowest BCUT2D eigenvalue weighted by atomic mass is 9.77. The maximum Gasteiger partial charge on any atom is 0.331 e. The number of esters is 1. The summed E-state index contributed by atoms with van der Waals surface area (Å²) < 4.78 is 9.80. The van der Waals surface area contributed by atoms with Crippen LogP contribution in [0.5, 0.6) is 0 Å². The number of carbonyl (C=O) groups is 2. The lowest BCUT2D eigenvalue weighted by Crippen LogP contribution is -2.56. The van der Waals surface area contributed by atoms with Gasteiger partial charge in [0.1, 0.15) is 5.54 Å². The van der Waals surface area contributed by atoms with Crippen molar-refractivity contribution in [1.29, 1.82) is 0 Å². The molecule has 1 saturated carbocycles. The van der Waals surface area contributed by atoms with Crippen molar-refractivity contribution in [2.24, 2.45) is 5.92 Å². The SMILES string of the molecule is COC(=O)C1(NC(=O)c2cc(C)no2)CCC(C)CC1. The Balaban J connectivity index is 2.16. The van der Waals surface area contributed by atoms with Crippen LogP contribution in [0, 0.1) is 12.8 Å². The quantitative estimate of drug-likeness (QED) is 0.854. The van der Waals surface area contributed by atoms with Crippen LogP contribution in [0.15, 0.2) is 10.6 Å². The highest BCUT2D eigenvalue weighted by Gasteiger charge is 2.44. The van der Waals surface area contributed by atoms with Gasteiger partial charge >= 0.3 is 5.97 Å². The molecule has 0 unspecified atom stereocenters. The van der Waals surface area contributed by atoms with Crippen molar-refractivity contribution in [3.8, 4) is 0 Å². The van der Waals surface area contributed by atoms with Crippen molar-refractivity contribution in [3.05, 3.63) is 17.5 Å². The number of amides is 1. The molecule has 0 atom stereocenters. The average molecular weight is 280 g/mol. The van der Waals surface area contributed by atoms with Crippen LogP contribution >= 0.6 is 0 Å². The Labute approximate surface area is 117 Å². The number of nitrogens with zero attached hydrogens (tertiary/aromatic N) is 1. The topological polar surface area (TPSA) is 81.4 Å². The Hall–Kier alpha value is -1.85. The first kappa shape index (κ1) is 14.6. The lowest BCUT2D eigenvalue weighted by Gasteiger charge is -2.37. The molecule has 1 aliphatic carbocycles. The molecule has 0 saturated heterocycles. The smallest absolute Gasteiger partial charge is 0.331 e. The number of rotatable bonds is 3. The number of methoxy groups -OCH3 is 1. The zero-order chi connectivity index (χ0) is 14.8. The fourth-order valence-corrected chi connectivity index (χ4v) is 2.58. The molecule has 0 spiro atoms. The molecule has 0 aromatic carbocycles. The molecule has 6 nitrogen and oxygen atoms in total. The molecule has 1 aliphatic rings. The minimum atomic E-state index is -0.945. The molecule has 1 heterocycles. The molecule has 1 fully saturated rings. The summed E-state index contributed by atoms with van der Waals surface area (Å²) in [6.45, 7) is 3.88. The van der Waals surface area contributed by atoms with Crippen LogP contribution in [0.3, 0.4) is 0 Å². The molecule has 2 rings (SSSR count). The number of aromatic nitrogens is 1. The first-order chi connectivity index (χ1) is 9.47. The van der Waals surface area contributed by atoms with Crippen molar-refractivity contribution in [1.82, 2.24) is 10.5 Å². The van der Waals surface area contributed by atoms with Crippen LogP contribution in [-0.4, -0.2) is 29.7 Å². The van der Waals surface area contributed by atoms with Crippen LogP contribution in [0.2, 0.25) is 0 Å². The summed E-state index contributed by atoms with van der Waals surface area (Å²) in [5, 5.41) is 6.46. The fraction of sp³-hybridized carbons (Fsp3) is 0.643. The Morgan fingerprint density at radius 2 is 2.10 bits per heavy atom. The van der Waals surface area contributed by atoms with E-state index in [9.17, 15) is 9.59 Å². The largest absolute Gasteiger partial charge is 0.467 e. The molecule has 110 valence electrons. The molecular weight excluding hydrogens is 260 g/mol. The van der Waals surface area contributed by atoms with Gasteiger partial charge in [0.05, 0.1) is 12.8 Å². The highest BCUT2D eigenvalue weighted by atomic mass is 16.5. The van der Waals surface area contributed by atoms with Gasteiger partial charge in [-0.2, -0.15) is 0 Å². The van der Waals surface area contributed by atoms with Gasteiger partial charge in [0, 0.05) is 6.07 Å². The van der Waals surface area contributed by atoms with Crippen molar-refractivity contribution in [3.63, 3.8) is 0 Å². The fourth-order valence-electron chi connectivity index (χ4n) is 2.58. The third-order valence-corrected chi connectivity index (χ3v) is 3.91. The van der Waals surface area contributed by atoms with E-state index in [1.807, 2.05) is 0 Å². The highest BCUT2D eigenvalue weighted by Crippen LogP contribution is 2.33. The second-order valence-electron chi connectivity index (χ2n) is 5.54. The number of hydrogen-bond acceptors (Lipinski definition) is 5. The second kappa shape index (κ2) is 5.64. The predicted octanol–water partition coefficient (Wildman–Crippen LogP) is 1.83. The maximum atomic E-state index is 12.2. The van der Waals surface area contributed by atoms with Gasteiger partial charge in [-0.1, -0.05) is 12.1 Å². The van der Waals surface area contributed by atoms with Crippen molar-refractivity contribution in [2.75, 3.05) is 7.11 Å². The number of aryl methyl sites for hydroxylation is 1. The molecule has 1 N–H and O–H groups in total. The first-order valence-electron chi connectivity index (χ1n) is 6.81. The second-order valence-corrected chi connectivity index (χ2v) is 5.54. The lowest BCUT2D eigenvalue weighted by molar-refractivity contribution is -0.150. The summed E-state index contributed by atoms with van der Waals surface area (Å²) in [5.41, 5.74) is -0.321. The van der Waals surface area contributed by atoms with Crippen LogP contribution in [-0.2, 0) is 9.53 Å². The molecule has 20 heavy (non-hydrogen) atoms. The molecule has 0 bridgehead atoms. The van der Waals surface area contributed by atoms with Crippen molar-refractivity contribution < 1.29 is 18.8 Å². The van der Waals surface area contributed by atoms with E-state index < -0.39 is 17.4 Å². The molecule has 1 aromatic rings. The van der Waals surface area contributed by atoms with E-state index in [0.29, 0.717) is 24.5 Å². The number of carbonyl (C=O) groups excluding carboxylic acids is 2. The Morgan fingerprint density at radius 3 is 2.60 bits per heavy atom. The van der Waals surface area contributed by atoms with Gasteiger partial charge in [0.25, 0.3) is 5.91 Å². The van der Waals surface area contributed by atoms with E-state index in [4.69, 9.17) is 9.26 Å². The van der Waals surface area contributed by atoms with E-state index in [1.165, 1.54) is 7.11 Å². The van der Waals surface area contributed by atoms with Gasteiger partial charge in [-0.15, -0.1) is 0 Å². The summed E-state index contributed by atoms with van der Waals surface area (Å²) in [6, 6.07) is 1.55. The standard InChI is InChI=1S/C14H20N2O4/c1-9-4-6-14(7-5-9,13(18)19-3)15-12(17)11-8-10(2)16-20-11/h8-9H,4-7H2,1-3H3,(H,15,17). The monoisotopic (exact) mass is 280 g/mol. The third-order valence-electron chi connectivity index (χ3n) is 3.91. The summed E-state index contributed by atoms with van der Waals surface area (Å²) in [4.78, 5) is 24.3. The van der Waals surface area contributed by atoms with Crippen LogP contribution < -0.4 is 5.32 Å². The molecule has 1 amide bonds. The summed E-state index contributed by atoms with van der Waals surface area (Å²) in [6.07, 6.45) is 2.93. The maximum absolute atomic E-state index is 12.2. The summed E-state index contributed by atoms with van der Waals surface area (Å²) in [7, 11) is 1.34. The molecule has 1 aromatic heterocycles. The van der Waals surface area contributed by atoms with E-state index in [0.717, 1.165) is 12.8 Å². The highest BCUT2D eigenvalue weighted by molar-refractivity contribution is 5.96. The summed E-state index contributed by atoms with van der Waals surface area (Å²) >= 11 is 0. The van der Waals surface area contributed by atoms with Crippen LogP contribution in [0.1, 0.15) is 48.9 Å². The van der Waals surface area contributed by atoms with Crippen LogP contribution in [0.4, 0.5) is 0 Å². The molecule has 0 radical (unpaired) electrons. The van der Waals surface area contributed by atoms with Crippen molar-refractivity contribution in [2.45, 2.75) is 45.1 Å². The van der Waals surface area contributed by atoms with E-state index in [-0.39, 0.29) is 5.76 Å². The van der Waals surface area contributed by atoms with Gasteiger partial charge in [0.15, 0.2) is 0 Å². The number of hydrogen-bond donors (Lipinski definition) is 1. The Morgan fingerprint density at radius 1 is 1.45 bits per heavy atom. The first-order valence-corrected chi connectivity index (χ1v) is 6.81. The minimum Gasteiger partial charge on any atom is -0.467 e. The van der Waals surface area contributed by atoms with Crippen LogP contribution in [0.25, 0.3) is 0 Å². The van der Waals surface area contributed by atoms with E-state index in [1.54, 1.807) is 13.0 Å². The Kier molecular flexibility index (Phi) is 4.11. The molecular formula is C14H20N2O4. The van der Waals surface area contributed by atoms with Gasteiger partial charge in [0.2, 0.25) is 5.76 Å². The average Bonchev–Trinajstić information content (AvgIpc) is 2.87. The Bertz CT molecular complexity index is 501. The van der Waals surface area contributed by atoms with Crippen molar-refractivity contribution >= 4 is 11.9 Å². The van der Waals surface area contributed by atoms with Gasteiger partial charge in [-0.3, -0.25) is 4.79 Å². The molecule has 6 heteroatoms. The molecule has 0 aliphatic heterocycles. The van der Waals surface area contributed by atoms with Gasteiger partial charge in [-0.05, 0) is 38.5 Å².